The van der Waals surface area contributed by atoms with Gasteiger partial charge in [0, 0.05) is 24.0 Å². The van der Waals surface area contributed by atoms with Crippen LogP contribution in [0.2, 0.25) is 5.02 Å². The minimum atomic E-state index is 0.815. The van der Waals surface area contributed by atoms with Gasteiger partial charge in [0.15, 0.2) is 0 Å². The molecule has 0 fully saturated rings. The van der Waals surface area contributed by atoms with E-state index in [0.29, 0.717) is 0 Å². The third-order valence-electron chi connectivity index (χ3n) is 2.21. The number of hydrogen-bond donors (Lipinski definition) is 0. The predicted molar refractivity (Wildman–Crippen MR) is 59.6 cm³/mol. The second kappa shape index (κ2) is 4.34. The summed E-state index contributed by atoms with van der Waals surface area (Å²) >= 11 is 5.90. The zero-order valence-corrected chi connectivity index (χ0v) is 8.61. The number of rotatable bonds is 3. The summed E-state index contributed by atoms with van der Waals surface area (Å²) in [6.45, 7) is 1.01. The van der Waals surface area contributed by atoms with Crippen LogP contribution in [-0.4, -0.2) is 4.57 Å². The number of halogens is 1. The molecule has 0 amide bonds. The Morgan fingerprint density at radius 1 is 1.07 bits per heavy atom. The molecule has 1 heterocycles. The molecular weight excluding hydrogens is 194 g/mol. The van der Waals surface area contributed by atoms with Crippen molar-refractivity contribution in [1.82, 2.24) is 4.57 Å². The van der Waals surface area contributed by atoms with Crippen molar-refractivity contribution >= 4 is 11.6 Å². The fourth-order valence-corrected chi connectivity index (χ4v) is 1.68. The van der Waals surface area contributed by atoms with Gasteiger partial charge in [-0.2, -0.15) is 0 Å². The average Bonchev–Trinajstić information content (AvgIpc) is 2.67. The Kier molecular flexibility index (Phi) is 2.90. The minimum absolute atomic E-state index is 0.815. The van der Waals surface area contributed by atoms with Crippen molar-refractivity contribution in [3.63, 3.8) is 0 Å². The highest BCUT2D eigenvalue weighted by atomic mass is 35.5. The number of aryl methyl sites for hydroxylation is 2. The predicted octanol–water partition coefficient (Wildman–Crippen LogP) is 3.38. The summed E-state index contributed by atoms with van der Waals surface area (Å²) in [6.07, 6.45) is 5.17. The van der Waals surface area contributed by atoms with Crippen LogP contribution in [0.4, 0.5) is 0 Å². The summed E-state index contributed by atoms with van der Waals surface area (Å²) in [7, 11) is 0. The van der Waals surface area contributed by atoms with Crippen LogP contribution in [0.15, 0.2) is 48.8 Å². The van der Waals surface area contributed by atoms with Crippen molar-refractivity contribution in [2.24, 2.45) is 0 Å². The molecule has 0 spiro atoms. The lowest BCUT2D eigenvalue weighted by Gasteiger charge is -2.03. The van der Waals surface area contributed by atoms with Gasteiger partial charge in [-0.15, -0.1) is 0 Å². The molecule has 0 N–H and O–H groups in total. The van der Waals surface area contributed by atoms with Crippen LogP contribution >= 0.6 is 11.6 Å². The fraction of sp³-hybridized carbons (Fsp3) is 0.167. The summed E-state index contributed by atoms with van der Waals surface area (Å²) in [5, 5.41) is 0.815. The van der Waals surface area contributed by atoms with E-state index in [1.54, 1.807) is 0 Å². The number of hydrogen-bond acceptors (Lipinski definition) is 0. The van der Waals surface area contributed by atoms with Crippen LogP contribution < -0.4 is 0 Å². The maximum absolute atomic E-state index is 5.90. The van der Waals surface area contributed by atoms with E-state index in [1.807, 2.05) is 30.3 Å². The summed E-state index contributed by atoms with van der Waals surface area (Å²) < 4.78 is 2.17. The first-order chi connectivity index (χ1) is 6.84. The van der Waals surface area contributed by atoms with Crippen molar-refractivity contribution < 1.29 is 0 Å². The molecule has 2 heteroatoms. The van der Waals surface area contributed by atoms with E-state index < -0.39 is 0 Å². The summed E-state index contributed by atoms with van der Waals surface area (Å²) in [4.78, 5) is 0. The summed E-state index contributed by atoms with van der Waals surface area (Å²) in [5.74, 6) is 0. The molecular formula is C12H12ClN. The standard InChI is InChI=1S/C12H12ClN/c13-12-5-3-4-11(10-12)6-9-14-7-1-2-8-14/h1-5,7-8,10H,6,9H2. The lowest BCUT2D eigenvalue weighted by Crippen LogP contribution is -1.97. The van der Waals surface area contributed by atoms with Gasteiger partial charge in [0.1, 0.15) is 0 Å². The minimum Gasteiger partial charge on any atom is -0.354 e. The van der Waals surface area contributed by atoms with Crippen LogP contribution in [0.25, 0.3) is 0 Å². The third-order valence-corrected chi connectivity index (χ3v) is 2.45. The molecule has 1 aromatic heterocycles. The van der Waals surface area contributed by atoms with Gasteiger partial charge in [-0.1, -0.05) is 23.7 Å². The Morgan fingerprint density at radius 3 is 2.57 bits per heavy atom. The van der Waals surface area contributed by atoms with E-state index in [0.717, 1.165) is 18.0 Å². The van der Waals surface area contributed by atoms with Gasteiger partial charge in [0.2, 0.25) is 0 Å². The van der Waals surface area contributed by atoms with E-state index in [4.69, 9.17) is 11.6 Å². The molecule has 0 aliphatic carbocycles. The average molecular weight is 206 g/mol. The zero-order valence-electron chi connectivity index (χ0n) is 7.86. The molecule has 2 rings (SSSR count). The highest BCUT2D eigenvalue weighted by molar-refractivity contribution is 6.30. The largest absolute Gasteiger partial charge is 0.354 e. The van der Waals surface area contributed by atoms with Crippen molar-refractivity contribution in [3.05, 3.63) is 59.4 Å². The molecule has 2 aromatic rings. The number of aromatic nitrogens is 1. The van der Waals surface area contributed by atoms with Crippen LogP contribution in [0.1, 0.15) is 5.56 Å². The molecule has 72 valence electrons. The van der Waals surface area contributed by atoms with E-state index in [9.17, 15) is 0 Å². The molecule has 0 aliphatic rings. The summed E-state index contributed by atoms with van der Waals surface area (Å²) in [6, 6.07) is 12.1. The first kappa shape index (κ1) is 9.35. The first-order valence-electron chi connectivity index (χ1n) is 4.70. The third kappa shape index (κ3) is 2.39. The van der Waals surface area contributed by atoms with Crippen LogP contribution in [0.3, 0.4) is 0 Å². The van der Waals surface area contributed by atoms with Crippen molar-refractivity contribution in [2.75, 3.05) is 0 Å². The quantitative estimate of drug-likeness (QED) is 0.724. The molecule has 1 nitrogen and oxygen atoms in total. The van der Waals surface area contributed by atoms with E-state index in [1.165, 1.54) is 5.56 Å². The Bertz CT molecular complexity index is 392. The molecule has 0 atom stereocenters. The number of nitrogens with zero attached hydrogens (tertiary/aromatic N) is 1. The van der Waals surface area contributed by atoms with Gasteiger partial charge in [-0.3, -0.25) is 0 Å². The number of benzene rings is 1. The second-order valence-electron chi connectivity index (χ2n) is 3.30. The van der Waals surface area contributed by atoms with Crippen molar-refractivity contribution in [1.29, 1.82) is 0 Å². The van der Waals surface area contributed by atoms with Crippen LogP contribution in [-0.2, 0) is 13.0 Å². The summed E-state index contributed by atoms with van der Waals surface area (Å²) in [5.41, 5.74) is 1.28. The highest BCUT2D eigenvalue weighted by Crippen LogP contribution is 2.11. The Morgan fingerprint density at radius 2 is 1.86 bits per heavy atom. The molecule has 0 aliphatic heterocycles. The zero-order chi connectivity index (χ0) is 9.80. The van der Waals surface area contributed by atoms with Gasteiger partial charge in [-0.25, -0.2) is 0 Å². The Labute approximate surface area is 88.9 Å². The van der Waals surface area contributed by atoms with Gasteiger partial charge < -0.3 is 4.57 Å². The van der Waals surface area contributed by atoms with E-state index in [-0.39, 0.29) is 0 Å². The molecule has 0 saturated heterocycles. The molecule has 1 aromatic carbocycles. The Balaban J connectivity index is 1.98. The SMILES string of the molecule is Clc1cccc(CCn2cccc2)c1. The molecule has 14 heavy (non-hydrogen) atoms. The maximum atomic E-state index is 5.90. The lowest BCUT2D eigenvalue weighted by molar-refractivity contribution is 0.701. The monoisotopic (exact) mass is 205 g/mol. The van der Waals surface area contributed by atoms with Crippen LogP contribution in [0.5, 0.6) is 0 Å². The molecule has 0 bridgehead atoms. The fourth-order valence-electron chi connectivity index (χ4n) is 1.47. The van der Waals surface area contributed by atoms with Gasteiger partial charge in [-0.05, 0) is 36.2 Å². The Hall–Kier alpha value is -1.21. The molecule has 0 saturated carbocycles. The van der Waals surface area contributed by atoms with E-state index >= 15 is 0 Å². The first-order valence-corrected chi connectivity index (χ1v) is 5.07. The normalized spacial score (nSPS) is 10.4. The maximum Gasteiger partial charge on any atom is 0.0408 e. The van der Waals surface area contributed by atoms with Crippen molar-refractivity contribution in [2.45, 2.75) is 13.0 Å². The second-order valence-corrected chi connectivity index (χ2v) is 3.74. The topological polar surface area (TPSA) is 4.93 Å². The smallest absolute Gasteiger partial charge is 0.0408 e. The van der Waals surface area contributed by atoms with Gasteiger partial charge in [0.25, 0.3) is 0 Å². The highest BCUT2D eigenvalue weighted by Gasteiger charge is 1.94. The van der Waals surface area contributed by atoms with E-state index in [2.05, 4.69) is 23.0 Å². The van der Waals surface area contributed by atoms with Crippen LogP contribution in [0, 0.1) is 0 Å². The molecule has 0 unspecified atom stereocenters. The molecule has 0 radical (unpaired) electrons. The van der Waals surface area contributed by atoms with Gasteiger partial charge >= 0.3 is 0 Å². The van der Waals surface area contributed by atoms with Gasteiger partial charge in [0.05, 0.1) is 0 Å². The lowest BCUT2D eigenvalue weighted by atomic mass is 10.1. The van der Waals surface area contributed by atoms with Crippen molar-refractivity contribution in [3.8, 4) is 0 Å².